The van der Waals surface area contributed by atoms with Gasteiger partial charge in [0, 0.05) is 44.4 Å². The molecule has 1 amide bonds. The molecule has 0 radical (unpaired) electrons. The van der Waals surface area contributed by atoms with Gasteiger partial charge in [-0.25, -0.2) is 9.37 Å². The second-order valence-corrected chi connectivity index (χ2v) is 7.53. The fourth-order valence-corrected chi connectivity index (χ4v) is 3.06. The molecule has 0 bridgehead atoms. The maximum Gasteiger partial charge on any atom is 0.238 e. The van der Waals surface area contributed by atoms with Crippen molar-refractivity contribution < 1.29 is 18.7 Å². The van der Waals surface area contributed by atoms with Crippen LogP contribution < -0.4 is 4.74 Å². The van der Waals surface area contributed by atoms with E-state index in [1.54, 1.807) is 42.4 Å². The third-order valence-corrected chi connectivity index (χ3v) is 4.81. The van der Waals surface area contributed by atoms with Gasteiger partial charge in [-0.15, -0.1) is 0 Å². The van der Waals surface area contributed by atoms with E-state index in [9.17, 15) is 14.0 Å². The quantitative estimate of drug-likeness (QED) is 0.504. The van der Waals surface area contributed by atoms with Gasteiger partial charge >= 0.3 is 0 Å². The van der Waals surface area contributed by atoms with Gasteiger partial charge in [0.05, 0.1) is 17.6 Å². The molecule has 7 nitrogen and oxygen atoms in total. The summed E-state index contributed by atoms with van der Waals surface area (Å²) in [5, 5.41) is 0. The highest BCUT2D eigenvalue weighted by Gasteiger charge is 2.11. The number of halogens is 1. The average molecular weight is 436 g/mol. The first-order valence-electron chi connectivity index (χ1n) is 10.3. The summed E-state index contributed by atoms with van der Waals surface area (Å²) < 4.78 is 20.3. The van der Waals surface area contributed by atoms with Gasteiger partial charge < -0.3 is 9.64 Å². The van der Waals surface area contributed by atoms with E-state index < -0.39 is 5.82 Å². The number of aromatic nitrogens is 3. The van der Waals surface area contributed by atoms with Crippen LogP contribution in [0.4, 0.5) is 4.39 Å². The Labute approximate surface area is 186 Å². The number of ketones is 1. The molecule has 0 fully saturated rings. The zero-order valence-electron chi connectivity index (χ0n) is 18.3. The molecule has 166 valence electrons. The Morgan fingerprint density at radius 3 is 2.59 bits per heavy atom. The highest BCUT2D eigenvalue weighted by molar-refractivity contribution is 5.78. The first-order chi connectivity index (χ1) is 15.3. The predicted octanol–water partition coefficient (Wildman–Crippen LogP) is 4.01. The molecular formula is C24H25FN4O3. The molecule has 3 aromatic rings. The second kappa shape index (κ2) is 10.6. The molecule has 1 aromatic carbocycles. The first kappa shape index (κ1) is 23.0. The molecule has 0 atom stereocenters. The largest absolute Gasteiger partial charge is 0.434 e. The van der Waals surface area contributed by atoms with Crippen LogP contribution in [0.3, 0.4) is 0 Å². The number of amides is 1. The SMILES string of the molecule is CC(=O)Cc1cccc(-c2ccc(Oc3cncc(CCCN(C)C(C)=O)n3)c(F)c2)n1. The summed E-state index contributed by atoms with van der Waals surface area (Å²) in [6, 6.07) is 9.87. The zero-order chi connectivity index (χ0) is 23.1. The van der Waals surface area contributed by atoms with Crippen molar-refractivity contribution in [3.8, 4) is 22.9 Å². The van der Waals surface area contributed by atoms with Crippen LogP contribution in [0.25, 0.3) is 11.3 Å². The molecule has 0 N–H and O–H groups in total. The minimum absolute atomic E-state index is 0.00729. The Bertz CT molecular complexity index is 1120. The average Bonchev–Trinajstić information content (AvgIpc) is 2.75. The van der Waals surface area contributed by atoms with Crippen molar-refractivity contribution in [2.24, 2.45) is 0 Å². The van der Waals surface area contributed by atoms with Crippen molar-refractivity contribution >= 4 is 11.7 Å². The van der Waals surface area contributed by atoms with Gasteiger partial charge in [0.15, 0.2) is 11.6 Å². The number of ether oxygens (including phenoxy) is 1. The summed E-state index contributed by atoms with van der Waals surface area (Å²) in [6.45, 7) is 3.63. The highest BCUT2D eigenvalue weighted by Crippen LogP contribution is 2.27. The lowest BCUT2D eigenvalue weighted by atomic mass is 10.1. The monoisotopic (exact) mass is 436 g/mol. The standard InChI is InChI=1S/C24H25FN4O3/c1-16(30)12-19-6-4-8-22(27-19)18-9-10-23(21(25)13-18)32-24-15-26-14-20(28-24)7-5-11-29(3)17(2)31/h4,6,8-10,13-15H,5,7,11-12H2,1-3H3. The predicted molar refractivity (Wildman–Crippen MR) is 118 cm³/mol. The van der Waals surface area contributed by atoms with Crippen molar-refractivity contribution in [2.75, 3.05) is 13.6 Å². The molecule has 3 rings (SSSR count). The lowest BCUT2D eigenvalue weighted by Gasteiger charge is -2.14. The Hall–Kier alpha value is -3.68. The van der Waals surface area contributed by atoms with Gasteiger partial charge in [-0.05, 0) is 50.1 Å². The van der Waals surface area contributed by atoms with Crippen LogP contribution in [0.2, 0.25) is 0 Å². The van der Waals surface area contributed by atoms with Gasteiger partial charge in [-0.2, -0.15) is 0 Å². The first-order valence-corrected chi connectivity index (χ1v) is 10.3. The van der Waals surface area contributed by atoms with Crippen LogP contribution in [0, 0.1) is 5.82 Å². The molecule has 0 saturated carbocycles. The summed E-state index contributed by atoms with van der Waals surface area (Å²) in [6.07, 6.45) is 4.63. The van der Waals surface area contributed by atoms with E-state index in [4.69, 9.17) is 4.74 Å². The Balaban J connectivity index is 1.69. The molecule has 2 aromatic heterocycles. The van der Waals surface area contributed by atoms with E-state index in [1.165, 1.54) is 32.2 Å². The number of pyridine rings is 1. The van der Waals surface area contributed by atoms with Crippen LogP contribution in [0.5, 0.6) is 11.6 Å². The summed E-state index contributed by atoms with van der Waals surface area (Å²) in [4.78, 5) is 37.1. The van der Waals surface area contributed by atoms with E-state index in [2.05, 4.69) is 15.0 Å². The zero-order valence-corrected chi connectivity index (χ0v) is 18.3. The topological polar surface area (TPSA) is 85.3 Å². The fourth-order valence-electron chi connectivity index (χ4n) is 3.06. The number of carbonyl (C=O) groups is 2. The lowest BCUT2D eigenvalue weighted by molar-refractivity contribution is -0.127. The number of carbonyl (C=O) groups excluding carboxylic acids is 2. The molecular weight excluding hydrogens is 411 g/mol. The van der Waals surface area contributed by atoms with Gasteiger partial charge in [0.25, 0.3) is 0 Å². The fraction of sp³-hybridized carbons (Fsp3) is 0.292. The van der Waals surface area contributed by atoms with Crippen molar-refractivity contribution in [3.63, 3.8) is 0 Å². The van der Waals surface area contributed by atoms with Crippen LogP contribution in [-0.4, -0.2) is 45.1 Å². The molecule has 8 heteroatoms. The Morgan fingerprint density at radius 2 is 1.88 bits per heavy atom. The van der Waals surface area contributed by atoms with Crippen LogP contribution in [0.1, 0.15) is 31.7 Å². The number of hydrogen-bond acceptors (Lipinski definition) is 6. The number of aryl methyl sites for hydroxylation is 1. The summed E-state index contributed by atoms with van der Waals surface area (Å²) in [5.41, 5.74) is 2.49. The lowest BCUT2D eigenvalue weighted by Crippen LogP contribution is -2.25. The maximum absolute atomic E-state index is 14.7. The summed E-state index contributed by atoms with van der Waals surface area (Å²) in [5.74, 6) is -0.324. The summed E-state index contributed by atoms with van der Waals surface area (Å²) >= 11 is 0. The molecule has 0 aliphatic heterocycles. The van der Waals surface area contributed by atoms with Gasteiger partial charge in [-0.1, -0.05) is 6.07 Å². The Kier molecular flexibility index (Phi) is 7.59. The van der Waals surface area contributed by atoms with Crippen LogP contribution >= 0.6 is 0 Å². The van der Waals surface area contributed by atoms with Crippen molar-refractivity contribution in [1.29, 1.82) is 0 Å². The molecule has 32 heavy (non-hydrogen) atoms. The number of hydrogen-bond donors (Lipinski definition) is 0. The van der Waals surface area contributed by atoms with Gasteiger partial charge in [-0.3, -0.25) is 19.6 Å². The third-order valence-electron chi connectivity index (χ3n) is 4.81. The van der Waals surface area contributed by atoms with Crippen LogP contribution in [-0.2, 0) is 22.4 Å². The normalized spacial score (nSPS) is 10.6. The highest BCUT2D eigenvalue weighted by atomic mass is 19.1. The number of Topliss-reactive ketones (excluding diaryl/α,β-unsaturated/α-hetero) is 1. The van der Waals surface area contributed by atoms with E-state index in [1.807, 2.05) is 0 Å². The van der Waals surface area contributed by atoms with Gasteiger partial charge in [0.2, 0.25) is 11.8 Å². The van der Waals surface area contributed by atoms with E-state index in [0.29, 0.717) is 35.6 Å². The molecule has 0 saturated heterocycles. The van der Waals surface area contributed by atoms with E-state index in [0.717, 1.165) is 6.42 Å². The molecule has 0 unspecified atom stereocenters. The summed E-state index contributed by atoms with van der Waals surface area (Å²) in [7, 11) is 1.75. The maximum atomic E-state index is 14.7. The van der Waals surface area contributed by atoms with Crippen molar-refractivity contribution in [1.82, 2.24) is 19.9 Å². The molecule has 0 aliphatic rings. The minimum atomic E-state index is -0.559. The number of rotatable bonds is 9. The van der Waals surface area contributed by atoms with Gasteiger partial charge in [0.1, 0.15) is 5.78 Å². The molecule has 2 heterocycles. The molecule has 0 spiro atoms. The van der Waals surface area contributed by atoms with Crippen LogP contribution in [0.15, 0.2) is 48.8 Å². The Morgan fingerprint density at radius 1 is 1.06 bits per heavy atom. The van der Waals surface area contributed by atoms with E-state index >= 15 is 0 Å². The third kappa shape index (κ3) is 6.41. The minimum Gasteiger partial charge on any atom is -0.434 e. The van der Waals surface area contributed by atoms with E-state index in [-0.39, 0.29) is 29.7 Å². The number of benzene rings is 1. The van der Waals surface area contributed by atoms with Crippen molar-refractivity contribution in [3.05, 3.63) is 66.0 Å². The van der Waals surface area contributed by atoms with Crippen molar-refractivity contribution in [2.45, 2.75) is 33.1 Å². The second-order valence-electron chi connectivity index (χ2n) is 7.53. The molecule has 0 aliphatic carbocycles. The smallest absolute Gasteiger partial charge is 0.238 e. The number of nitrogens with zero attached hydrogens (tertiary/aromatic N) is 4.